The van der Waals surface area contributed by atoms with Crippen molar-refractivity contribution in [2.45, 2.75) is 31.8 Å². The van der Waals surface area contributed by atoms with E-state index >= 15 is 0 Å². The van der Waals surface area contributed by atoms with E-state index < -0.39 is 0 Å². The fraction of sp³-hybridized carbons (Fsp3) is 0.286. The van der Waals surface area contributed by atoms with Gasteiger partial charge in [0.15, 0.2) is 0 Å². The summed E-state index contributed by atoms with van der Waals surface area (Å²) in [5.74, 6) is 1.42. The Morgan fingerprint density at radius 2 is 1.68 bits per heavy atom. The Hall–Kier alpha value is -2.75. The average molecular weight is 337 g/mol. The minimum atomic E-state index is -0.153. The lowest BCUT2D eigenvalue weighted by Crippen LogP contribution is -2.12. The van der Waals surface area contributed by atoms with Crippen LogP contribution in [0.15, 0.2) is 61.2 Å². The Morgan fingerprint density at radius 1 is 1.04 bits per heavy atom. The number of carbonyl (C=O) groups is 1. The van der Waals surface area contributed by atoms with E-state index in [2.05, 4.69) is 11.9 Å². The van der Waals surface area contributed by atoms with Crippen molar-refractivity contribution in [2.75, 3.05) is 11.9 Å². The Kier molecular flexibility index (Phi) is 5.73. The first-order chi connectivity index (χ1) is 12.2. The topological polar surface area (TPSA) is 47.6 Å². The zero-order chi connectivity index (χ0) is 17.5. The molecular formula is C21H23NO3. The summed E-state index contributed by atoms with van der Waals surface area (Å²) in [5.41, 5.74) is 1.33. The van der Waals surface area contributed by atoms with E-state index in [4.69, 9.17) is 9.47 Å². The summed E-state index contributed by atoms with van der Waals surface area (Å²) >= 11 is 0. The molecule has 0 heterocycles. The van der Waals surface area contributed by atoms with Gasteiger partial charge in [0.05, 0.1) is 6.10 Å². The van der Waals surface area contributed by atoms with Crippen molar-refractivity contribution in [2.24, 2.45) is 0 Å². The summed E-state index contributed by atoms with van der Waals surface area (Å²) in [4.78, 5) is 12.3. The van der Waals surface area contributed by atoms with Gasteiger partial charge in [-0.3, -0.25) is 4.79 Å². The van der Waals surface area contributed by atoms with Crippen molar-refractivity contribution in [1.82, 2.24) is 0 Å². The standard InChI is InChI=1S/C21H23NO3/c1-2-15-24-18-11-7-16(8-12-18)21(23)22-17-9-13-20(14-10-17)25-19-5-3-4-6-19/h2,7-14,19H,1,3-6,15H2,(H,22,23). The van der Waals surface area contributed by atoms with Crippen molar-refractivity contribution < 1.29 is 14.3 Å². The first-order valence-electron chi connectivity index (χ1n) is 8.66. The second kappa shape index (κ2) is 8.38. The molecule has 0 spiro atoms. The monoisotopic (exact) mass is 337 g/mol. The predicted octanol–water partition coefficient (Wildman–Crippen LogP) is 4.83. The molecule has 1 amide bonds. The van der Waals surface area contributed by atoms with Gasteiger partial charge in [0.25, 0.3) is 5.91 Å². The molecule has 25 heavy (non-hydrogen) atoms. The van der Waals surface area contributed by atoms with E-state index in [1.165, 1.54) is 12.8 Å². The fourth-order valence-electron chi connectivity index (χ4n) is 2.88. The largest absolute Gasteiger partial charge is 0.490 e. The molecule has 1 N–H and O–H groups in total. The molecule has 0 saturated heterocycles. The van der Waals surface area contributed by atoms with Crippen LogP contribution < -0.4 is 14.8 Å². The lowest BCUT2D eigenvalue weighted by Gasteiger charge is -2.13. The first-order valence-corrected chi connectivity index (χ1v) is 8.66. The molecule has 1 fully saturated rings. The van der Waals surface area contributed by atoms with Crippen molar-refractivity contribution >= 4 is 11.6 Å². The van der Waals surface area contributed by atoms with Crippen LogP contribution in [-0.4, -0.2) is 18.6 Å². The zero-order valence-electron chi connectivity index (χ0n) is 14.2. The second-order valence-corrected chi connectivity index (χ2v) is 6.13. The fourth-order valence-corrected chi connectivity index (χ4v) is 2.88. The molecule has 1 aliphatic carbocycles. The SMILES string of the molecule is C=CCOc1ccc(C(=O)Nc2ccc(OC3CCCC3)cc2)cc1. The van der Waals surface area contributed by atoms with Crippen LogP contribution in [0.5, 0.6) is 11.5 Å². The Labute approximate surface area is 148 Å². The van der Waals surface area contributed by atoms with Crippen LogP contribution in [0, 0.1) is 0 Å². The quantitative estimate of drug-likeness (QED) is 0.737. The molecule has 0 aromatic heterocycles. The molecule has 4 heteroatoms. The summed E-state index contributed by atoms with van der Waals surface area (Å²) in [6.45, 7) is 4.05. The van der Waals surface area contributed by atoms with Crippen molar-refractivity contribution in [1.29, 1.82) is 0 Å². The molecular weight excluding hydrogens is 314 g/mol. The molecule has 4 nitrogen and oxygen atoms in total. The highest BCUT2D eigenvalue weighted by Crippen LogP contribution is 2.25. The number of rotatable bonds is 7. The van der Waals surface area contributed by atoms with Gasteiger partial charge in [0.1, 0.15) is 18.1 Å². The van der Waals surface area contributed by atoms with E-state index in [9.17, 15) is 4.79 Å². The molecule has 1 saturated carbocycles. The highest BCUT2D eigenvalue weighted by Gasteiger charge is 2.16. The number of nitrogens with one attached hydrogen (secondary N) is 1. The van der Waals surface area contributed by atoms with Crippen LogP contribution in [0.3, 0.4) is 0 Å². The van der Waals surface area contributed by atoms with E-state index in [1.807, 2.05) is 24.3 Å². The van der Waals surface area contributed by atoms with Crippen LogP contribution in [0.1, 0.15) is 36.0 Å². The predicted molar refractivity (Wildman–Crippen MR) is 99.4 cm³/mol. The third-order valence-corrected chi connectivity index (χ3v) is 4.20. The second-order valence-electron chi connectivity index (χ2n) is 6.13. The molecule has 0 radical (unpaired) electrons. The molecule has 3 rings (SSSR count). The van der Waals surface area contributed by atoms with Gasteiger partial charge in [-0.2, -0.15) is 0 Å². The number of anilines is 1. The van der Waals surface area contributed by atoms with Gasteiger partial charge in [-0.1, -0.05) is 12.7 Å². The van der Waals surface area contributed by atoms with Gasteiger partial charge >= 0.3 is 0 Å². The maximum absolute atomic E-state index is 12.3. The van der Waals surface area contributed by atoms with E-state index in [0.29, 0.717) is 24.0 Å². The molecule has 2 aromatic rings. The van der Waals surface area contributed by atoms with Gasteiger partial charge in [0.2, 0.25) is 0 Å². The number of amides is 1. The summed E-state index contributed by atoms with van der Waals surface area (Å²) in [6.07, 6.45) is 6.77. The third kappa shape index (κ3) is 4.86. The highest BCUT2D eigenvalue weighted by atomic mass is 16.5. The Balaban J connectivity index is 1.55. The number of hydrogen-bond acceptors (Lipinski definition) is 3. The van der Waals surface area contributed by atoms with Gasteiger partial charge in [-0.25, -0.2) is 0 Å². The van der Waals surface area contributed by atoms with Crippen LogP contribution in [0.2, 0.25) is 0 Å². The van der Waals surface area contributed by atoms with Gasteiger partial charge in [0, 0.05) is 11.3 Å². The minimum Gasteiger partial charge on any atom is -0.490 e. The maximum atomic E-state index is 12.3. The smallest absolute Gasteiger partial charge is 0.255 e. The third-order valence-electron chi connectivity index (χ3n) is 4.20. The summed E-state index contributed by atoms with van der Waals surface area (Å²) in [5, 5.41) is 2.89. The van der Waals surface area contributed by atoms with Crippen LogP contribution >= 0.6 is 0 Å². The van der Waals surface area contributed by atoms with Gasteiger partial charge < -0.3 is 14.8 Å². The van der Waals surface area contributed by atoms with Crippen molar-refractivity contribution in [3.8, 4) is 11.5 Å². The van der Waals surface area contributed by atoms with E-state index in [-0.39, 0.29) is 5.91 Å². The number of ether oxygens (including phenoxy) is 2. The summed E-state index contributed by atoms with van der Waals surface area (Å²) < 4.78 is 11.3. The Morgan fingerprint density at radius 3 is 2.32 bits per heavy atom. The maximum Gasteiger partial charge on any atom is 0.255 e. The molecule has 130 valence electrons. The normalized spacial score (nSPS) is 14.1. The molecule has 0 aliphatic heterocycles. The Bertz CT molecular complexity index is 701. The zero-order valence-corrected chi connectivity index (χ0v) is 14.2. The highest BCUT2D eigenvalue weighted by molar-refractivity contribution is 6.04. The molecule has 0 bridgehead atoms. The first kappa shape index (κ1) is 17.1. The van der Waals surface area contributed by atoms with E-state index in [1.54, 1.807) is 30.3 Å². The van der Waals surface area contributed by atoms with E-state index in [0.717, 1.165) is 24.3 Å². The van der Waals surface area contributed by atoms with Crippen molar-refractivity contribution in [3.63, 3.8) is 0 Å². The molecule has 1 aliphatic rings. The summed E-state index contributed by atoms with van der Waals surface area (Å²) in [7, 11) is 0. The van der Waals surface area contributed by atoms with Crippen LogP contribution in [0.4, 0.5) is 5.69 Å². The average Bonchev–Trinajstić information content (AvgIpc) is 3.15. The molecule has 0 atom stereocenters. The molecule has 0 unspecified atom stereocenters. The number of benzene rings is 2. The number of carbonyl (C=O) groups excluding carboxylic acids is 1. The lowest BCUT2D eigenvalue weighted by molar-refractivity contribution is 0.102. The van der Waals surface area contributed by atoms with Crippen molar-refractivity contribution in [3.05, 3.63) is 66.7 Å². The summed E-state index contributed by atoms with van der Waals surface area (Å²) in [6, 6.07) is 14.6. The van der Waals surface area contributed by atoms with Gasteiger partial charge in [-0.05, 0) is 74.2 Å². The lowest BCUT2D eigenvalue weighted by atomic mass is 10.2. The minimum absolute atomic E-state index is 0.153. The number of hydrogen-bond donors (Lipinski definition) is 1. The van der Waals surface area contributed by atoms with Crippen LogP contribution in [0.25, 0.3) is 0 Å². The van der Waals surface area contributed by atoms with Gasteiger partial charge in [-0.15, -0.1) is 0 Å². The molecule has 2 aromatic carbocycles. The van der Waals surface area contributed by atoms with Crippen LogP contribution in [-0.2, 0) is 0 Å².